The van der Waals surface area contributed by atoms with Crippen LogP contribution in [0.1, 0.15) is 39.0 Å². The molecule has 1 N–H and O–H groups in total. The van der Waals surface area contributed by atoms with E-state index in [9.17, 15) is 0 Å². The van der Waals surface area contributed by atoms with Crippen molar-refractivity contribution in [3.8, 4) is 0 Å². The van der Waals surface area contributed by atoms with Crippen LogP contribution in [0.5, 0.6) is 0 Å². The molecule has 0 aliphatic heterocycles. The summed E-state index contributed by atoms with van der Waals surface area (Å²) in [4.78, 5) is 2.24. The van der Waals surface area contributed by atoms with Crippen molar-refractivity contribution >= 4 is 0 Å². The van der Waals surface area contributed by atoms with E-state index in [1.54, 1.807) is 0 Å². The summed E-state index contributed by atoms with van der Waals surface area (Å²) in [6.07, 6.45) is 7.24. The molecule has 0 aromatic rings. The second-order valence-corrected chi connectivity index (χ2v) is 4.94. The first-order chi connectivity index (χ1) is 6.70. The molecule has 84 valence electrons. The third-order valence-corrected chi connectivity index (χ3v) is 3.38. The van der Waals surface area contributed by atoms with Gasteiger partial charge >= 0.3 is 0 Å². The number of likely N-dealkylation sites (N-methyl/N-ethyl adjacent to an activating group) is 1. The lowest BCUT2D eigenvalue weighted by molar-refractivity contribution is 0.273. The second kappa shape index (κ2) is 6.41. The molecule has 0 bridgehead atoms. The van der Waals surface area contributed by atoms with Crippen LogP contribution in [-0.2, 0) is 0 Å². The predicted molar refractivity (Wildman–Crippen MR) is 62.6 cm³/mol. The van der Waals surface area contributed by atoms with Gasteiger partial charge in [0.1, 0.15) is 0 Å². The number of hydrogen-bond acceptors (Lipinski definition) is 2. The zero-order chi connectivity index (χ0) is 10.4. The van der Waals surface area contributed by atoms with E-state index in [1.807, 2.05) is 0 Å². The fraction of sp³-hybridized carbons (Fsp3) is 1.00. The first-order valence-corrected chi connectivity index (χ1v) is 6.08. The van der Waals surface area contributed by atoms with Crippen molar-refractivity contribution < 1.29 is 0 Å². The van der Waals surface area contributed by atoms with Gasteiger partial charge in [-0.05, 0) is 39.8 Å². The third kappa shape index (κ3) is 4.43. The molecular formula is C12H26N2. The lowest BCUT2D eigenvalue weighted by atomic mass is 9.84. The molecule has 1 atom stereocenters. The smallest absolute Gasteiger partial charge is 0.0101 e. The monoisotopic (exact) mass is 198 g/mol. The van der Waals surface area contributed by atoms with E-state index in [0.29, 0.717) is 0 Å². The first-order valence-electron chi connectivity index (χ1n) is 6.08. The third-order valence-electron chi connectivity index (χ3n) is 3.38. The van der Waals surface area contributed by atoms with Gasteiger partial charge in [0.15, 0.2) is 0 Å². The van der Waals surface area contributed by atoms with Gasteiger partial charge < -0.3 is 10.2 Å². The Bertz CT molecular complexity index is 139. The molecule has 0 radical (unpaired) electrons. The van der Waals surface area contributed by atoms with E-state index in [-0.39, 0.29) is 0 Å². The van der Waals surface area contributed by atoms with Crippen LogP contribution in [0.25, 0.3) is 0 Å². The maximum Gasteiger partial charge on any atom is 0.0101 e. The molecule has 0 amide bonds. The average Bonchev–Trinajstić information content (AvgIpc) is 2.18. The number of nitrogens with one attached hydrogen (secondary N) is 1. The summed E-state index contributed by atoms with van der Waals surface area (Å²) in [6.45, 7) is 4.63. The molecule has 1 rings (SSSR count). The van der Waals surface area contributed by atoms with Gasteiger partial charge in [-0.25, -0.2) is 0 Å². The Balaban J connectivity index is 2.10. The Hall–Kier alpha value is -0.0800. The van der Waals surface area contributed by atoms with Crippen LogP contribution >= 0.6 is 0 Å². The van der Waals surface area contributed by atoms with Crippen molar-refractivity contribution in [1.82, 2.24) is 10.2 Å². The molecule has 2 heteroatoms. The topological polar surface area (TPSA) is 15.3 Å². The summed E-state index contributed by atoms with van der Waals surface area (Å²) in [5.74, 6) is 0.936. The van der Waals surface area contributed by atoms with E-state index in [1.165, 1.54) is 32.1 Å². The standard InChI is InChI=1S/C12H26N2/c1-11(13-9-10-14(2)3)12-7-5-4-6-8-12/h11-13H,4-10H2,1-3H3/t11-/m1/s1. The van der Waals surface area contributed by atoms with Gasteiger partial charge in [0.05, 0.1) is 0 Å². The summed E-state index contributed by atoms with van der Waals surface area (Å²) >= 11 is 0. The minimum absolute atomic E-state index is 0.718. The highest BCUT2D eigenvalue weighted by Gasteiger charge is 2.18. The Morgan fingerprint density at radius 1 is 1.21 bits per heavy atom. The summed E-state index contributed by atoms with van der Waals surface area (Å²) in [5, 5.41) is 3.64. The summed E-state index contributed by atoms with van der Waals surface area (Å²) in [6, 6.07) is 0.718. The molecule has 1 aliphatic rings. The normalized spacial score (nSPS) is 21.4. The van der Waals surface area contributed by atoms with Crippen LogP contribution < -0.4 is 5.32 Å². The number of nitrogens with zero attached hydrogens (tertiary/aromatic N) is 1. The van der Waals surface area contributed by atoms with Crippen LogP contribution in [0, 0.1) is 5.92 Å². The molecule has 0 aromatic heterocycles. The van der Waals surface area contributed by atoms with Crippen molar-refractivity contribution in [2.75, 3.05) is 27.2 Å². The van der Waals surface area contributed by atoms with Gasteiger partial charge in [-0.15, -0.1) is 0 Å². The fourth-order valence-electron chi connectivity index (χ4n) is 2.32. The fourth-order valence-corrected chi connectivity index (χ4v) is 2.32. The van der Waals surface area contributed by atoms with Gasteiger partial charge in [-0.1, -0.05) is 19.3 Å². The lowest BCUT2D eigenvalue weighted by Crippen LogP contribution is -2.38. The van der Waals surface area contributed by atoms with Gasteiger partial charge in [0.25, 0.3) is 0 Å². The molecule has 1 aliphatic carbocycles. The summed E-state index contributed by atoms with van der Waals surface area (Å²) in [5.41, 5.74) is 0. The maximum absolute atomic E-state index is 3.64. The SMILES string of the molecule is C[C@@H](NCCN(C)C)C1CCCCC1. The van der Waals surface area contributed by atoms with E-state index in [4.69, 9.17) is 0 Å². The van der Waals surface area contributed by atoms with Gasteiger partial charge in [0, 0.05) is 19.1 Å². The van der Waals surface area contributed by atoms with Crippen molar-refractivity contribution in [1.29, 1.82) is 0 Å². The van der Waals surface area contributed by atoms with Crippen LogP contribution in [0.4, 0.5) is 0 Å². The molecule has 2 nitrogen and oxygen atoms in total. The zero-order valence-electron chi connectivity index (χ0n) is 10.1. The number of rotatable bonds is 5. The van der Waals surface area contributed by atoms with Crippen LogP contribution in [0.15, 0.2) is 0 Å². The van der Waals surface area contributed by atoms with Crippen molar-refractivity contribution in [2.45, 2.75) is 45.1 Å². The predicted octanol–water partition coefficient (Wildman–Crippen LogP) is 2.11. The molecule has 0 spiro atoms. The Morgan fingerprint density at radius 3 is 2.43 bits per heavy atom. The largest absolute Gasteiger partial charge is 0.313 e. The van der Waals surface area contributed by atoms with Crippen molar-refractivity contribution in [2.24, 2.45) is 5.92 Å². The van der Waals surface area contributed by atoms with Crippen LogP contribution in [0.2, 0.25) is 0 Å². The van der Waals surface area contributed by atoms with Crippen molar-refractivity contribution in [3.63, 3.8) is 0 Å². The molecule has 0 saturated heterocycles. The molecule has 0 unspecified atom stereocenters. The summed E-state index contributed by atoms with van der Waals surface area (Å²) in [7, 11) is 4.26. The highest BCUT2D eigenvalue weighted by molar-refractivity contribution is 4.75. The van der Waals surface area contributed by atoms with Crippen LogP contribution in [-0.4, -0.2) is 38.1 Å². The Morgan fingerprint density at radius 2 is 1.86 bits per heavy atom. The van der Waals surface area contributed by atoms with E-state index >= 15 is 0 Å². The van der Waals surface area contributed by atoms with Crippen molar-refractivity contribution in [3.05, 3.63) is 0 Å². The quantitative estimate of drug-likeness (QED) is 0.728. The van der Waals surface area contributed by atoms with Gasteiger partial charge in [0.2, 0.25) is 0 Å². The highest BCUT2D eigenvalue weighted by Crippen LogP contribution is 2.26. The second-order valence-electron chi connectivity index (χ2n) is 4.94. The Labute approximate surface area is 89.1 Å². The number of hydrogen-bond donors (Lipinski definition) is 1. The molecule has 1 fully saturated rings. The minimum Gasteiger partial charge on any atom is -0.313 e. The van der Waals surface area contributed by atoms with Gasteiger partial charge in [-0.2, -0.15) is 0 Å². The summed E-state index contributed by atoms with van der Waals surface area (Å²) < 4.78 is 0. The molecule has 0 aromatic carbocycles. The molecule has 14 heavy (non-hydrogen) atoms. The Kier molecular flexibility index (Phi) is 5.49. The van der Waals surface area contributed by atoms with Gasteiger partial charge in [-0.3, -0.25) is 0 Å². The van der Waals surface area contributed by atoms with E-state index < -0.39 is 0 Å². The minimum atomic E-state index is 0.718. The molecular weight excluding hydrogens is 172 g/mol. The zero-order valence-corrected chi connectivity index (χ0v) is 10.1. The maximum atomic E-state index is 3.64. The van der Waals surface area contributed by atoms with E-state index in [0.717, 1.165) is 25.0 Å². The first kappa shape index (κ1) is 12.0. The molecule has 0 heterocycles. The highest BCUT2D eigenvalue weighted by atomic mass is 15.1. The molecule has 1 saturated carbocycles. The van der Waals surface area contributed by atoms with Crippen LogP contribution in [0.3, 0.4) is 0 Å². The van der Waals surface area contributed by atoms with E-state index in [2.05, 4.69) is 31.2 Å². The average molecular weight is 198 g/mol. The lowest BCUT2D eigenvalue weighted by Gasteiger charge is -2.28.